The van der Waals surface area contributed by atoms with E-state index in [1.54, 1.807) is 0 Å². The van der Waals surface area contributed by atoms with Gasteiger partial charge in [-0.05, 0) is 0 Å². The maximum atomic E-state index is 2.66. The first-order chi connectivity index (χ1) is 15.2. The first kappa shape index (κ1) is 32.2. The van der Waals surface area contributed by atoms with Gasteiger partial charge in [-0.2, -0.15) is 0 Å². The second kappa shape index (κ2) is 9.86. The van der Waals surface area contributed by atoms with E-state index in [4.69, 9.17) is 0 Å². The van der Waals surface area contributed by atoms with Gasteiger partial charge < -0.3 is 0 Å². The van der Waals surface area contributed by atoms with Gasteiger partial charge >= 0.3 is 237 Å². The number of hydrogen-bond donors (Lipinski definition) is 0. The Morgan fingerprint density at radius 1 is 0.343 bits per heavy atom. The van der Waals surface area contributed by atoms with Crippen molar-refractivity contribution in [1.82, 2.24) is 0 Å². The van der Waals surface area contributed by atoms with E-state index in [1.807, 2.05) is 38.9 Å². The van der Waals surface area contributed by atoms with Crippen LogP contribution in [0.5, 0.6) is 0 Å². The molecule has 0 aromatic heterocycles. The normalized spacial score (nSPS) is 19.6. The predicted octanol–water partition coefficient (Wildman–Crippen LogP) is 10.2. The molecular formula is C28H58Si6Ti. The van der Waals surface area contributed by atoms with Crippen molar-refractivity contribution in [1.29, 1.82) is 0 Å². The Morgan fingerprint density at radius 2 is 0.571 bits per heavy atom. The average Bonchev–Trinajstić information content (AvgIpc) is 3.11. The molecule has 0 radical (unpaired) electrons. The van der Waals surface area contributed by atoms with Gasteiger partial charge in [0.2, 0.25) is 0 Å². The van der Waals surface area contributed by atoms with Gasteiger partial charge in [0.15, 0.2) is 0 Å². The number of rotatable bonds is 8. The molecule has 2 rings (SSSR count). The first-order valence-electron chi connectivity index (χ1n) is 13.9. The average molecular weight is 611 g/mol. The standard InChI is InChI=1S/2C14H29Si3.Ti/c2*1-15(2,3)12-10-13(16(4,5)6)14(11-12)17(7,8)9;/h2*10H2,1-9H3;. The Bertz CT molecular complexity index is 917. The zero-order valence-electron chi connectivity index (χ0n) is 26.9. The summed E-state index contributed by atoms with van der Waals surface area (Å²) in [6.07, 6.45) is 2.71. The van der Waals surface area contributed by atoms with Gasteiger partial charge in [-0.15, -0.1) is 0 Å². The van der Waals surface area contributed by atoms with Crippen molar-refractivity contribution in [3.8, 4) is 0 Å². The monoisotopic (exact) mass is 610 g/mol. The van der Waals surface area contributed by atoms with Crippen molar-refractivity contribution in [2.45, 2.75) is 131 Å². The minimum absolute atomic E-state index is 0.321. The molecule has 198 valence electrons. The summed E-state index contributed by atoms with van der Waals surface area (Å²) >= 11 is -0.321. The summed E-state index contributed by atoms with van der Waals surface area (Å²) in [6.45, 7) is 47.6. The van der Waals surface area contributed by atoms with Gasteiger partial charge in [0.05, 0.1) is 0 Å². The molecule has 0 saturated carbocycles. The van der Waals surface area contributed by atoms with E-state index in [9.17, 15) is 0 Å². The van der Waals surface area contributed by atoms with Crippen molar-refractivity contribution in [3.05, 3.63) is 38.9 Å². The molecule has 0 atom stereocenters. The maximum absolute atomic E-state index is 2.66. The molecule has 0 nitrogen and oxygen atoms in total. The van der Waals surface area contributed by atoms with Crippen LogP contribution >= 0.6 is 0 Å². The molecule has 0 heterocycles. The summed E-state index contributed by atoms with van der Waals surface area (Å²) in [4.78, 5) is 0. The van der Waals surface area contributed by atoms with Crippen LogP contribution in [0.1, 0.15) is 12.8 Å². The van der Waals surface area contributed by atoms with Gasteiger partial charge in [0.25, 0.3) is 0 Å². The molecule has 0 amide bonds. The first-order valence-corrected chi connectivity index (χ1v) is 36.5. The van der Waals surface area contributed by atoms with Gasteiger partial charge in [0.1, 0.15) is 0 Å². The van der Waals surface area contributed by atoms with Crippen molar-refractivity contribution in [3.63, 3.8) is 0 Å². The molecule has 0 aromatic carbocycles. The molecule has 0 spiro atoms. The molecule has 0 N–H and O–H groups in total. The van der Waals surface area contributed by atoms with E-state index in [-0.39, 0.29) is 19.2 Å². The fourth-order valence-electron chi connectivity index (χ4n) is 5.93. The summed E-state index contributed by atoms with van der Waals surface area (Å²) < 4.78 is 4.00. The predicted molar refractivity (Wildman–Crippen MR) is 177 cm³/mol. The molecule has 2 aliphatic carbocycles. The van der Waals surface area contributed by atoms with Crippen LogP contribution < -0.4 is 0 Å². The molecule has 2 aliphatic rings. The van der Waals surface area contributed by atoms with Crippen LogP contribution in [0.25, 0.3) is 0 Å². The third-order valence-corrected chi connectivity index (χ3v) is 25.4. The Hall–Kier alpha value is 0.976. The molecule has 0 aliphatic heterocycles. The fraction of sp³-hybridized carbons (Fsp3) is 0.714. The molecule has 0 fully saturated rings. The third-order valence-electron chi connectivity index (χ3n) is 7.79. The van der Waals surface area contributed by atoms with E-state index < -0.39 is 48.4 Å². The van der Waals surface area contributed by atoms with Crippen LogP contribution in [0.4, 0.5) is 0 Å². The molecule has 7 heteroatoms. The van der Waals surface area contributed by atoms with Crippen molar-refractivity contribution in [2.75, 3.05) is 0 Å². The quantitative estimate of drug-likeness (QED) is 0.240. The SMILES string of the molecule is C[Si](C)(C)C1=[C]([Ti][C]2=C([Si](C)(C)C)CC([Si](C)(C)C)=C2[Si](C)(C)C)C([Si](C)(C)C)=C([Si](C)(C)C)C1. The van der Waals surface area contributed by atoms with Crippen molar-refractivity contribution < 1.29 is 19.2 Å². The third kappa shape index (κ3) is 7.14. The van der Waals surface area contributed by atoms with Gasteiger partial charge in [-0.25, -0.2) is 0 Å². The Labute approximate surface area is 235 Å². The molecule has 0 aromatic rings. The Kier molecular flexibility index (Phi) is 9.07. The van der Waals surface area contributed by atoms with Crippen LogP contribution in [-0.2, 0) is 19.2 Å². The molecular weight excluding hydrogens is 553 g/mol. The number of allylic oxidation sites excluding steroid dienone is 8. The Balaban J connectivity index is 2.97. The second-order valence-electron chi connectivity index (χ2n) is 17.4. The summed E-state index contributed by atoms with van der Waals surface area (Å²) in [7, 11) is -8.36. The van der Waals surface area contributed by atoms with Crippen LogP contribution in [0.2, 0.25) is 118 Å². The van der Waals surface area contributed by atoms with E-state index in [0.717, 1.165) is 0 Å². The van der Waals surface area contributed by atoms with Crippen molar-refractivity contribution in [2.24, 2.45) is 0 Å². The van der Waals surface area contributed by atoms with Crippen LogP contribution in [0.3, 0.4) is 0 Å². The fourth-order valence-corrected chi connectivity index (χ4v) is 31.6. The zero-order valence-corrected chi connectivity index (χ0v) is 34.5. The number of hydrogen-bond acceptors (Lipinski definition) is 0. The topological polar surface area (TPSA) is 0 Å². The molecule has 0 unspecified atom stereocenters. The molecule has 0 bridgehead atoms. The molecule has 0 saturated heterocycles. The Morgan fingerprint density at radius 3 is 0.743 bits per heavy atom. The van der Waals surface area contributed by atoms with E-state index in [2.05, 4.69) is 118 Å². The van der Waals surface area contributed by atoms with E-state index >= 15 is 0 Å². The van der Waals surface area contributed by atoms with Crippen LogP contribution in [0, 0.1) is 0 Å². The summed E-state index contributed by atoms with van der Waals surface area (Å²) in [5.74, 6) is 0. The summed E-state index contributed by atoms with van der Waals surface area (Å²) in [6, 6.07) is 0. The van der Waals surface area contributed by atoms with Gasteiger partial charge in [-0.3, -0.25) is 0 Å². The van der Waals surface area contributed by atoms with Crippen LogP contribution in [0.15, 0.2) is 38.9 Å². The van der Waals surface area contributed by atoms with Gasteiger partial charge in [-0.1, -0.05) is 0 Å². The molecule has 35 heavy (non-hydrogen) atoms. The second-order valence-corrected chi connectivity index (χ2v) is 49.8. The zero-order chi connectivity index (χ0) is 27.7. The van der Waals surface area contributed by atoms with E-state index in [0.29, 0.717) is 0 Å². The summed E-state index contributed by atoms with van der Waals surface area (Å²) in [5, 5.41) is 11.8. The van der Waals surface area contributed by atoms with E-state index in [1.165, 1.54) is 12.8 Å². The summed E-state index contributed by atoms with van der Waals surface area (Å²) in [5.41, 5.74) is 0. The minimum atomic E-state index is -1.44. The van der Waals surface area contributed by atoms with Crippen molar-refractivity contribution >= 4 is 48.4 Å². The van der Waals surface area contributed by atoms with Crippen LogP contribution in [-0.4, -0.2) is 48.4 Å². The van der Waals surface area contributed by atoms with Gasteiger partial charge in [0, 0.05) is 0 Å².